The molecule has 1 aliphatic carbocycles. The number of aromatic nitrogens is 1. The first-order chi connectivity index (χ1) is 15.9. The smallest absolute Gasteiger partial charge is 0.322 e. The highest BCUT2D eigenvalue weighted by atomic mass is 35.5. The molecule has 1 saturated carbocycles. The van der Waals surface area contributed by atoms with E-state index in [1.54, 1.807) is 0 Å². The molecule has 0 unspecified atom stereocenters. The zero-order valence-corrected chi connectivity index (χ0v) is 19.0. The molecule has 174 valence electrons. The molecule has 1 saturated heterocycles. The number of H-pyrrole nitrogens is 1. The Hall–Kier alpha value is -2.90. The van der Waals surface area contributed by atoms with Crippen LogP contribution in [0.2, 0.25) is 5.02 Å². The van der Waals surface area contributed by atoms with E-state index < -0.39 is 12.5 Å². The Balaban J connectivity index is 1.56. The van der Waals surface area contributed by atoms with Crippen LogP contribution >= 0.6 is 11.6 Å². The molecule has 3 N–H and O–H groups in total. The Kier molecular flexibility index (Phi) is 7.30. The van der Waals surface area contributed by atoms with Crippen molar-refractivity contribution in [3.8, 4) is 0 Å². The zero-order valence-electron chi connectivity index (χ0n) is 18.2. The number of aryl methyl sites for hydroxylation is 1. The van der Waals surface area contributed by atoms with E-state index in [4.69, 9.17) is 21.4 Å². The maximum atomic E-state index is 12.7. The van der Waals surface area contributed by atoms with Gasteiger partial charge in [-0.05, 0) is 54.9 Å². The molecule has 2 aromatic rings. The van der Waals surface area contributed by atoms with Crippen molar-refractivity contribution in [2.24, 2.45) is 5.92 Å². The Bertz CT molecular complexity index is 1130. The van der Waals surface area contributed by atoms with Gasteiger partial charge in [0.25, 0.3) is 5.56 Å². The van der Waals surface area contributed by atoms with E-state index in [0.717, 1.165) is 53.8 Å². The summed E-state index contributed by atoms with van der Waals surface area (Å²) < 4.78 is 5.53. The fraction of sp³-hybridized carbons (Fsp3) is 0.400. The Morgan fingerprint density at radius 3 is 2.67 bits per heavy atom. The first kappa shape index (κ1) is 23.3. The number of aromatic amines is 1. The number of benzene rings is 1. The second-order valence-electron chi connectivity index (χ2n) is 8.61. The van der Waals surface area contributed by atoms with Gasteiger partial charge in [-0.25, -0.2) is 0 Å². The van der Waals surface area contributed by atoms with E-state index in [-0.39, 0.29) is 23.8 Å². The quantitative estimate of drug-likeness (QED) is 0.519. The lowest BCUT2D eigenvalue weighted by Gasteiger charge is -2.14. The topological polar surface area (TPSA) is 108 Å². The molecule has 1 aromatic carbocycles. The molecule has 4 rings (SSSR count). The molecule has 1 aromatic heterocycles. The summed E-state index contributed by atoms with van der Waals surface area (Å²) in [5.41, 5.74) is 4.12. The summed E-state index contributed by atoms with van der Waals surface area (Å²) in [6, 6.07) is 9.55. The molecular formula is C25H27ClN2O5. The van der Waals surface area contributed by atoms with Gasteiger partial charge in [-0.3, -0.25) is 14.4 Å². The summed E-state index contributed by atoms with van der Waals surface area (Å²) in [5.74, 6) is -0.795. The molecule has 2 heterocycles. The summed E-state index contributed by atoms with van der Waals surface area (Å²) in [7, 11) is 0. The van der Waals surface area contributed by atoms with Crippen LogP contribution in [0.4, 0.5) is 0 Å². The molecule has 0 spiro atoms. The molecule has 1 aliphatic heterocycles. The molecule has 33 heavy (non-hydrogen) atoms. The lowest BCUT2D eigenvalue weighted by molar-refractivity contribution is -0.137. The third-order valence-corrected chi connectivity index (χ3v) is 6.39. The van der Waals surface area contributed by atoms with Crippen LogP contribution in [0.1, 0.15) is 54.0 Å². The first-order valence-corrected chi connectivity index (χ1v) is 11.6. The number of carbonyl (C=O) groups excluding carboxylic acids is 1. The summed E-state index contributed by atoms with van der Waals surface area (Å²) in [6.07, 6.45) is 5.73. The van der Waals surface area contributed by atoms with Gasteiger partial charge in [0.15, 0.2) is 0 Å². The van der Waals surface area contributed by atoms with Crippen LogP contribution in [0.5, 0.6) is 0 Å². The van der Waals surface area contributed by atoms with Crippen molar-refractivity contribution in [1.82, 2.24) is 10.3 Å². The molecule has 7 nitrogen and oxygen atoms in total. The summed E-state index contributed by atoms with van der Waals surface area (Å²) >= 11 is 6.55. The lowest BCUT2D eigenvalue weighted by Crippen LogP contribution is -2.29. The number of ether oxygens (including phenoxy) is 1. The summed E-state index contributed by atoms with van der Waals surface area (Å²) in [5, 5.41) is 11.5. The number of aliphatic carboxylic acids is 1. The van der Waals surface area contributed by atoms with Crippen molar-refractivity contribution in [2.75, 3.05) is 19.8 Å². The number of pyridine rings is 1. The van der Waals surface area contributed by atoms with Gasteiger partial charge in [0, 0.05) is 40.8 Å². The Morgan fingerprint density at radius 2 is 2.03 bits per heavy atom. The highest BCUT2D eigenvalue weighted by Gasteiger charge is 2.26. The third-order valence-electron chi connectivity index (χ3n) is 6.04. The number of amides is 1. The summed E-state index contributed by atoms with van der Waals surface area (Å²) in [4.78, 5) is 38.1. The predicted molar refractivity (Wildman–Crippen MR) is 125 cm³/mol. The Morgan fingerprint density at radius 1 is 1.21 bits per heavy atom. The Labute approximate surface area is 196 Å². The minimum absolute atomic E-state index is 0.0429. The molecule has 1 atom stereocenters. The van der Waals surface area contributed by atoms with Gasteiger partial charge in [-0.2, -0.15) is 0 Å². The SMILES string of the molecule is O=C(O)CNC(=O)CCc1ccc(/C(=C\[C@H]2CCOC2)c2ccc(C3CC3)c(=O)[nH]2)cc1Cl. The van der Waals surface area contributed by atoms with E-state index >= 15 is 0 Å². The van der Waals surface area contributed by atoms with Gasteiger partial charge >= 0.3 is 5.97 Å². The van der Waals surface area contributed by atoms with Crippen molar-refractivity contribution in [1.29, 1.82) is 0 Å². The maximum absolute atomic E-state index is 12.7. The van der Waals surface area contributed by atoms with Crippen LogP contribution in [-0.2, 0) is 20.7 Å². The predicted octanol–water partition coefficient (Wildman–Crippen LogP) is 3.51. The minimum atomic E-state index is -1.08. The standard InChI is InChI=1S/C25H27ClN2O5/c26-21-12-18(4-3-17(21)5-8-23(29)27-13-24(30)31)20(11-15-9-10-33-14-15)22-7-6-19(16-1-2-16)25(32)28-22/h3-4,6-7,11-12,15-16H,1-2,5,8-10,13-14H2,(H,27,29)(H,28,32)(H,30,31)/b20-11+/t15-/m1/s1. The van der Waals surface area contributed by atoms with Gasteiger partial charge < -0.3 is 20.1 Å². The van der Waals surface area contributed by atoms with Crippen LogP contribution in [0.15, 0.2) is 41.2 Å². The highest BCUT2D eigenvalue weighted by molar-refractivity contribution is 6.31. The number of hydrogen-bond acceptors (Lipinski definition) is 4. The van der Waals surface area contributed by atoms with Crippen molar-refractivity contribution in [3.63, 3.8) is 0 Å². The van der Waals surface area contributed by atoms with Crippen LogP contribution in [0, 0.1) is 5.92 Å². The number of carbonyl (C=O) groups is 2. The van der Waals surface area contributed by atoms with Crippen molar-refractivity contribution in [3.05, 3.63) is 74.2 Å². The van der Waals surface area contributed by atoms with Crippen molar-refractivity contribution in [2.45, 2.75) is 38.0 Å². The highest BCUT2D eigenvalue weighted by Crippen LogP contribution is 2.38. The number of nitrogens with one attached hydrogen (secondary N) is 2. The van der Waals surface area contributed by atoms with Gasteiger partial charge in [-0.15, -0.1) is 0 Å². The monoisotopic (exact) mass is 470 g/mol. The van der Waals surface area contributed by atoms with Crippen LogP contribution < -0.4 is 10.9 Å². The fourth-order valence-corrected chi connectivity index (χ4v) is 4.32. The first-order valence-electron chi connectivity index (χ1n) is 11.2. The van der Waals surface area contributed by atoms with E-state index in [2.05, 4.69) is 16.4 Å². The van der Waals surface area contributed by atoms with E-state index in [9.17, 15) is 14.4 Å². The molecule has 2 fully saturated rings. The van der Waals surface area contributed by atoms with Gasteiger partial charge in [0.2, 0.25) is 5.91 Å². The number of hydrogen-bond donors (Lipinski definition) is 3. The van der Waals surface area contributed by atoms with Crippen LogP contribution in [0.25, 0.3) is 5.57 Å². The van der Waals surface area contributed by atoms with Gasteiger partial charge in [0.05, 0.1) is 6.61 Å². The molecule has 0 bridgehead atoms. The minimum Gasteiger partial charge on any atom is -0.480 e. The normalized spacial score (nSPS) is 18.3. The molecule has 2 aliphatic rings. The largest absolute Gasteiger partial charge is 0.480 e. The number of rotatable bonds is 9. The van der Waals surface area contributed by atoms with Crippen LogP contribution in [0.3, 0.4) is 0 Å². The molecular weight excluding hydrogens is 444 g/mol. The fourth-order valence-electron chi connectivity index (χ4n) is 4.05. The van der Waals surface area contributed by atoms with E-state index in [1.165, 1.54) is 0 Å². The maximum Gasteiger partial charge on any atom is 0.322 e. The molecule has 8 heteroatoms. The van der Waals surface area contributed by atoms with E-state index in [0.29, 0.717) is 24.0 Å². The lowest BCUT2D eigenvalue weighted by atomic mass is 9.94. The number of carboxylic acid groups (broad SMARTS) is 1. The van der Waals surface area contributed by atoms with E-state index in [1.807, 2.05) is 30.3 Å². The second kappa shape index (κ2) is 10.4. The van der Waals surface area contributed by atoms with Crippen molar-refractivity contribution >= 4 is 29.1 Å². The van der Waals surface area contributed by atoms with Crippen LogP contribution in [-0.4, -0.2) is 41.7 Å². The second-order valence-corrected chi connectivity index (χ2v) is 9.02. The van der Waals surface area contributed by atoms with Gasteiger partial charge in [-0.1, -0.05) is 35.9 Å². The third kappa shape index (κ3) is 6.12. The average molecular weight is 471 g/mol. The zero-order chi connectivity index (χ0) is 23.4. The number of carboxylic acids is 1. The van der Waals surface area contributed by atoms with Crippen molar-refractivity contribution < 1.29 is 19.4 Å². The number of halogens is 1. The molecule has 1 amide bonds. The molecule has 0 radical (unpaired) electrons. The average Bonchev–Trinajstić information content (AvgIpc) is 3.50. The van der Waals surface area contributed by atoms with Gasteiger partial charge in [0.1, 0.15) is 6.54 Å². The summed E-state index contributed by atoms with van der Waals surface area (Å²) in [6.45, 7) is 0.961.